The summed E-state index contributed by atoms with van der Waals surface area (Å²) in [7, 11) is 0. The Bertz CT molecular complexity index is 370. The lowest BCUT2D eigenvalue weighted by molar-refractivity contribution is 0.313. The van der Waals surface area contributed by atoms with Crippen LogP contribution in [0.4, 0.5) is 4.39 Å². The van der Waals surface area contributed by atoms with Crippen LogP contribution < -0.4 is 11.1 Å². The number of piperidine rings is 1. The Morgan fingerprint density at radius 1 is 1.35 bits per heavy atom. The van der Waals surface area contributed by atoms with Gasteiger partial charge in [-0.05, 0) is 37.9 Å². The molecule has 0 aromatic heterocycles. The van der Waals surface area contributed by atoms with Gasteiger partial charge in [0.2, 0.25) is 0 Å². The standard InChI is InChI=1S/C12H17FN2O.ClH/c13-10-3-1-2-9(12(10)16)11(14)8-4-6-15-7-5-8;/h1-3,8,11,15-16H,4-7,14H2;1H/t11-;/m1./s1. The lowest BCUT2D eigenvalue weighted by atomic mass is 9.86. The molecule has 3 nitrogen and oxygen atoms in total. The third-order valence-corrected chi connectivity index (χ3v) is 3.27. The average Bonchev–Trinajstić information content (AvgIpc) is 2.33. The summed E-state index contributed by atoms with van der Waals surface area (Å²) in [4.78, 5) is 0. The van der Waals surface area contributed by atoms with Crippen molar-refractivity contribution in [2.24, 2.45) is 11.7 Å². The van der Waals surface area contributed by atoms with Crippen LogP contribution in [0.25, 0.3) is 0 Å². The lowest BCUT2D eigenvalue weighted by Gasteiger charge is -2.28. The van der Waals surface area contributed by atoms with Crippen LogP contribution in [0, 0.1) is 11.7 Å². The zero-order valence-corrected chi connectivity index (χ0v) is 10.3. The molecule has 1 aliphatic rings. The quantitative estimate of drug-likeness (QED) is 0.762. The van der Waals surface area contributed by atoms with E-state index in [9.17, 15) is 9.50 Å². The molecule has 0 unspecified atom stereocenters. The molecule has 4 N–H and O–H groups in total. The van der Waals surface area contributed by atoms with Crippen molar-refractivity contribution >= 4 is 12.4 Å². The van der Waals surface area contributed by atoms with Gasteiger partial charge >= 0.3 is 0 Å². The number of phenols is 1. The van der Waals surface area contributed by atoms with E-state index in [4.69, 9.17) is 5.73 Å². The van der Waals surface area contributed by atoms with Gasteiger partial charge < -0.3 is 16.2 Å². The zero-order chi connectivity index (χ0) is 11.5. The van der Waals surface area contributed by atoms with E-state index in [1.54, 1.807) is 12.1 Å². The molecule has 0 spiro atoms. The molecule has 0 saturated carbocycles. The molecule has 0 aliphatic carbocycles. The minimum Gasteiger partial charge on any atom is -0.505 e. The van der Waals surface area contributed by atoms with Crippen LogP contribution >= 0.6 is 12.4 Å². The van der Waals surface area contributed by atoms with Crippen LogP contribution in [0.1, 0.15) is 24.4 Å². The van der Waals surface area contributed by atoms with E-state index >= 15 is 0 Å². The highest BCUT2D eigenvalue weighted by Gasteiger charge is 2.24. The number of rotatable bonds is 2. The van der Waals surface area contributed by atoms with Crippen molar-refractivity contribution < 1.29 is 9.50 Å². The van der Waals surface area contributed by atoms with E-state index in [0.717, 1.165) is 25.9 Å². The zero-order valence-electron chi connectivity index (χ0n) is 9.53. The largest absolute Gasteiger partial charge is 0.505 e. The highest BCUT2D eigenvalue weighted by Crippen LogP contribution is 2.33. The number of halogens is 2. The first kappa shape index (κ1) is 14.2. The van der Waals surface area contributed by atoms with E-state index in [2.05, 4.69) is 5.32 Å². The fraction of sp³-hybridized carbons (Fsp3) is 0.500. The van der Waals surface area contributed by atoms with Gasteiger partial charge in [-0.25, -0.2) is 4.39 Å². The summed E-state index contributed by atoms with van der Waals surface area (Å²) in [5.74, 6) is -0.579. The number of phenolic OH excluding ortho intramolecular Hbond substituents is 1. The minimum absolute atomic E-state index is 0. The molecule has 1 fully saturated rings. The van der Waals surface area contributed by atoms with Crippen LogP contribution in [0.5, 0.6) is 5.75 Å². The molecule has 1 atom stereocenters. The molecule has 1 aromatic rings. The molecule has 1 aromatic carbocycles. The summed E-state index contributed by atoms with van der Waals surface area (Å²) in [6.07, 6.45) is 1.94. The fourth-order valence-corrected chi connectivity index (χ4v) is 2.26. The second-order valence-corrected chi connectivity index (χ2v) is 4.29. The Hall–Kier alpha value is -0.840. The Labute approximate surface area is 107 Å². The maximum Gasteiger partial charge on any atom is 0.165 e. The van der Waals surface area contributed by atoms with Gasteiger partial charge in [0.25, 0.3) is 0 Å². The third kappa shape index (κ3) is 3.09. The van der Waals surface area contributed by atoms with E-state index in [-0.39, 0.29) is 24.2 Å². The SMILES string of the molecule is Cl.N[C@@H](c1cccc(F)c1O)C1CCNCC1. The van der Waals surface area contributed by atoms with Crippen LogP contribution in [0.15, 0.2) is 18.2 Å². The first-order valence-electron chi connectivity index (χ1n) is 5.64. The topological polar surface area (TPSA) is 58.3 Å². The monoisotopic (exact) mass is 260 g/mol. The normalized spacial score (nSPS) is 18.5. The number of hydrogen-bond donors (Lipinski definition) is 3. The molecular weight excluding hydrogens is 243 g/mol. The molecular formula is C12H18ClFN2O. The van der Waals surface area contributed by atoms with Gasteiger partial charge in [0.1, 0.15) is 0 Å². The molecule has 96 valence electrons. The fourth-order valence-electron chi connectivity index (χ4n) is 2.26. The third-order valence-electron chi connectivity index (χ3n) is 3.27. The predicted octanol–water partition coefficient (Wildman–Crippen LogP) is 1.95. The summed E-state index contributed by atoms with van der Waals surface area (Å²) in [6, 6.07) is 4.25. The molecule has 0 bridgehead atoms. The molecule has 1 aliphatic heterocycles. The maximum atomic E-state index is 13.2. The Balaban J connectivity index is 0.00000144. The summed E-state index contributed by atoms with van der Waals surface area (Å²) in [5, 5.41) is 12.9. The Kier molecular flexibility index (Phi) is 5.18. The molecule has 17 heavy (non-hydrogen) atoms. The van der Waals surface area contributed by atoms with Crippen molar-refractivity contribution in [3.8, 4) is 5.75 Å². The smallest absolute Gasteiger partial charge is 0.165 e. The molecule has 0 amide bonds. The molecule has 2 rings (SSSR count). The summed E-state index contributed by atoms with van der Waals surface area (Å²) in [5.41, 5.74) is 6.61. The number of benzene rings is 1. The predicted molar refractivity (Wildman–Crippen MR) is 67.8 cm³/mol. The highest BCUT2D eigenvalue weighted by molar-refractivity contribution is 5.85. The summed E-state index contributed by atoms with van der Waals surface area (Å²) < 4.78 is 13.2. The number of nitrogens with two attached hydrogens (primary N) is 1. The number of aromatic hydroxyl groups is 1. The van der Waals surface area contributed by atoms with Gasteiger partial charge in [-0.3, -0.25) is 0 Å². The van der Waals surface area contributed by atoms with Gasteiger partial charge in [0.15, 0.2) is 11.6 Å². The van der Waals surface area contributed by atoms with Crippen molar-refractivity contribution in [3.63, 3.8) is 0 Å². The lowest BCUT2D eigenvalue weighted by Crippen LogP contribution is -2.33. The molecule has 5 heteroatoms. The van der Waals surface area contributed by atoms with E-state index in [1.165, 1.54) is 6.07 Å². The second kappa shape index (κ2) is 6.19. The van der Waals surface area contributed by atoms with Gasteiger partial charge in [-0.1, -0.05) is 12.1 Å². The van der Waals surface area contributed by atoms with Crippen molar-refractivity contribution in [1.82, 2.24) is 5.32 Å². The van der Waals surface area contributed by atoms with E-state index < -0.39 is 5.82 Å². The number of hydrogen-bond acceptors (Lipinski definition) is 3. The van der Waals surface area contributed by atoms with Gasteiger partial charge in [0, 0.05) is 11.6 Å². The van der Waals surface area contributed by atoms with Gasteiger partial charge in [-0.2, -0.15) is 0 Å². The second-order valence-electron chi connectivity index (χ2n) is 4.29. The van der Waals surface area contributed by atoms with Gasteiger partial charge in [-0.15, -0.1) is 12.4 Å². The van der Waals surface area contributed by atoms with E-state index in [0.29, 0.717) is 11.5 Å². The van der Waals surface area contributed by atoms with Crippen LogP contribution in [-0.2, 0) is 0 Å². The molecule has 0 radical (unpaired) electrons. The summed E-state index contributed by atoms with van der Waals surface area (Å²) in [6.45, 7) is 1.88. The molecule has 1 saturated heterocycles. The first-order chi connectivity index (χ1) is 7.70. The highest BCUT2D eigenvalue weighted by atomic mass is 35.5. The van der Waals surface area contributed by atoms with Crippen LogP contribution in [-0.4, -0.2) is 18.2 Å². The van der Waals surface area contributed by atoms with Crippen LogP contribution in [0.3, 0.4) is 0 Å². The average molecular weight is 261 g/mol. The Morgan fingerprint density at radius 3 is 2.65 bits per heavy atom. The minimum atomic E-state index is -0.595. The first-order valence-corrected chi connectivity index (χ1v) is 5.64. The number of nitrogens with one attached hydrogen (secondary N) is 1. The number of para-hydroxylation sites is 1. The van der Waals surface area contributed by atoms with E-state index in [1.807, 2.05) is 0 Å². The summed E-state index contributed by atoms with van der Waals surface area (Å²) >= 11 is 0. The van der Waals surface area contributed by atoms with Crippen molar-refractivity contribution in [3.05, 3.63) is 29.6 Å². The Morgan fingerprint density at radius 2 is 2.00 bits per heavy atom. The van der Waals surface area contributed by atoms with Crippen LogP contribution in [0.2, 0.25) is 0 Å². The van der Waals surface area contributed by atoms with Crippen molar-refractivity contribution in [2.45, 2.75) is 18.9 Å². The van der Waals surface area contributed by atoms with Gasteiger partial charge in [0.05, 0.1) is 0 Å². The maximum absolute atomic E-state index is 13.2. The van der Waals surface area contributed by atoms with Crippen molar-refractivity contribution in [1.29, 1.82) is 0 Å². The van der Waals surface area contributed by atoms with Crippen molar-refractivity contribution in [2.75, 3.05) is 13.1 Å². The molecule has 1 heterocycles.